The van der Waals surface area contributed by atoms with E-state index in [0.29, 0.717) is 18.9 Å². The van der Waals surface area contributed by atoms with E-state index in [1.807, 2.05) is 48.5 Å². The molecule has 2 aromatic rings. The molecule has 1 heterocycles. The minimum Gasteiger partial charge on any atom is -0.493 e. The summed E-state index contributed by atoms with van der Waals surface area (Å²) in [5.41, 5.74) is 2.18. The van der Waals surface area contributed by atoms with E-state index in [1.165, 1.54) is 0 Å². The fourth-order valence-electron chi connectivity index (χ4n) is 3.19. The fourth-order valence-corrected chi connectivity index (χ4v) is 3.19. The molecule has 7 heteroatoms. The lowest BCUT2D eigenvalue weighted by molar-refractivity contribution is 0.114. The van der Waals surface area contributed by atoms with Gasteiger partial charge in [-0.1, -0.05) is 36.4 Å². The van der Waals surface area contributed by atoms with Crippen LogP contribution in [-0.2, 0) is 17.9 Å². The van der Waals surface area contributed by atoms with E-state index in [1.54, 1.807) is 7.11 Å². The zero-order valence-corrected chi connectivity index (χ0v) is 20.1. The normalized spacial score (nSPS) is 15.9. The fraction of sp³-hybridized carbons (Fsp3) is 0.435. The number of aliphatic imine (C=N–C) groups is 1. The van der Waals surface area contributed by atoms with Crippen molar-refractivity contribution in [3.63, 3.8) is 0 Å². The lowest BCUT2D eigenvalue weighted by Gasteiger charge is -2.15. The second-order valence-corrected chi connectivity index (χ2v) is 6.97. The van der Waals surface area contributed by atoms with Gasteiger partial charge in [-0.05, 0) is 43.0 Å². The molecule has 0 amide bonds. The van der Waals surface area contributed by atoms with Crippen molar-refractivity contribution in [2.75, 3.05) is 26.8 Å². The first-order valence-electron chi connectivity index (χ1n) is 10.3. The first-order valence-corrected chi connectivity index (χ1v) is 10.3. The zero-order chi connectivity index (χ0) is 20.3. The monoisotopic (exact) mass is 525 g/mol. The van der Waals surface area contributed by atoms with Crippen molar-refractivity contribution in [1.82, 2.24) is 10.6 Å². The first kappa shape index (κ1) is 24.3. The van der Waals surface area contributed by atoms with Gasteiger partial charge >= 0.3 is 0 Å². The van der Waals surface area contributed by atoms with Crippen LogP contribution in [0.25, 0.3) is 0 Å². The average molecular weight is 525 g/mol. The molecule has 1 unspecified atom stereocenters. The number of ether oxygens (including phenoxy) is 3. The highest BCUT2D eigenvalue weighted by Crippen LogP contribution is 2.29. The van der Waals surface area contributed by atoms with Crippen LogP contribution >= 0.6 is 24.0 Å². The van der Waals surface area contributed by atoms with Gasteiger partial charge in [-0.25, -0.2) is 4.99 Å². The van der Waals surface area contributed by atoms with Gasteiger partial charge in [-0.3, -0.25) is 0 Å². The highest BCUT2D eigenvalue weighted by molar-refractivity contribution is 14.0. The third kappa shape index (κ3) is 7.68. The molecule has 0 radical (unpaired) electrons. The maximum Gasteiger partial charge on any atom is 0.191 e. The summed E-state index contributed by atoms with van der Waals surface area (Å²) in [6.07, 6.45) is 2.52. The van der Waals surface area contributed by atoms with E-state index in [4.69, 9.17) is 14.2 Å². The molecule has 6 nitrogen and oxygen atoms in total. The summed E-state index contributed by atoms with van der Waals surface area (Å²) < 4.78 is 17.1. The van der Waals surface area contributed by atoms with Gasteiger partial charge in [0.2, 0.25) is 0 Å². The molecule has 0 bridgehead atoms. The van der Waals surface area contributed by atoms with Crippen LogP contribution in [0.2, 0.25) is 0 Å². The number of nitrogens with zero attached hydrogens (tertiary/aromatic N) is 1. The maximum atomic E-state index is 5.93. The van der Waals surface area contributed by atoms with Crippen LogP contribution in [0.4, 0.5) is 0 Å². The number of benzene rings is 2. The molecule has 3 rings (SSSR count). The standard InChI is InChI=1S/C23H31N3O3.HI/c1-3-24-23(26-16-20-10-7-13-28-20)25-15-19-11-12-21(22(14-19)27-2)29-17-18-8-5-4-6-9-18;/h4-6,8-9,11-12,14,20H,3,7,10,13,15-17H2,1-2H3,(H2,24,25,26);1H. The van der Waals surface area contributed by atoms with Crippen molar-refractivity contribution < 1.29 is 14.2 Å². The van der Waals surface area contributed by atoms with E-state index >= 15 is 0 Å². The van der Waals surface area contributed by atoms with Gasteiger partial charge in [-0.15, -0.1) is 24.0 Å². The van der Waals surface area contributed by atoms with E-state index in [0.717, 1.165) is 55.4 Å². The smallest absolute Gasteiger partial charge is 0.191 e. The summed E-state index contributed by atoms with van der Waals surface area (Å²) in [4.78, 5) is 4.69. The lowest BCUT2D eigenvalue weighted by atomic mass is 10.2. The predicted octanol–water partition coefficient (Wildman–Crippen LogP) is 4.13. The largest absolute Gasteiger partial charge is 0.493 e. The molecule has 2 N–H and O–H groups in total. The number of hydrogen-bond acceptors (Lipinski definition) is 4. The molecule has 0 aromatic heterocycles. The van der Waals surface area contributed by atoms with E-state index < -0.39 is 0 Å². The average Bonchev–Trinajstić information content (AvgIpc) is 3.29. The third-order valence-electron chi connectivity index (χ3n) is 4.75. The van der Waals surface area contributed by atoms with Gasteiger partial charge in [0.05, 0.1) is 19.8 Å². The predicted molar refractivity (Wildman–Crippen MR) is 131 cm³/mol. The molecular formula is C23H32IN3O3. The first-order chi connectivity index (χ1) is 14.3. The Morgan fingerprint density at radius 3 is 2.63 bits per heavy atom. The molecule has 2 aromatic carbocycles. The number of halogens is 1. The molecule has 0 aliphatic carbocycles. The summed E-state index contributed by atoms with van der Waals surface area (Å²) in [5, 5.41) is 6.65. The van der Waals surface area contributed by atoms with Crippen molar-refractivity contribution in [2.24, 2.45) is 4.99 Å². The Labute approximate surface area is 196 Å². The van der Waals surface area contributed by atoms with Crippen molar-refractivity contribution in [3.8, 4) is 11.5 Å². The Morgan fingerprint density at radius 1 is 1.10 bits per heavy atom. The molecule has 1 saturated heterocycles. The van der Waals surface area contributed by atoms with Crippen LogP contribution in [0.3, 0.4) is 0 Å². The lowest BCUT2D eigenvalue weighted by Crippen LogP contribution is -2.41. The van der Waals surface area contributed by atoms with Gasteiger partial charge in [0.15, 0.2) is 17.5 Å². The van der Waals surface area contributed by atoms with Gasteiger partial charge in [0.25, 0.3) is 0 Å². The van der Waals surface area contributed by atoms with Crippen molar-refractivity contribution >= 4 is 29.9 Å². The van der Waals surface area contributed by atoms with Crippen molar-refractivity contribution in [3.05, 3.63) is 59.7 Å². The molecule has 30 heavy (non-hydrogen) atoms. The van der Waals surface area contributed by atoms with Gasteiger partial charge < -0.3 is 24.8 Å². The number of nitrogens with one attached hydrogen (secondary N) is 2. The van der Waals surface area contributed by atoms with Crippen LogP contribution in [-0.4, -0.2) is 38.9 Å². The minimum atomic E-state index is 0. The highest BCUT2D eigenvalue weighted by atomic mass is 127. The van der Waals surface area contributed by atoms with Crippen LogP contribution < -0.4 is 20.1 Å². The van der Waals surface area contributed by atoms with Crippen molar-refractivity contribution in [2.45, 2.75) is 39.0 Å². The Morgan fingerprint density at radius 2 is 1.93 bits per heavy atom. The molecule has 1 aliphatic rings. The quantitative estimate of drug-likeness (QED) is 0.293. The summed E-state index contributed by atoms with van der Waals surface area (Å²) in [6.45, 7) is 5.57. The van der Waals surface area contributed by atoms with Crippen LogP contribution in [0, 0.1) is 0 Å². The topological polar surface area (TPSA) is 64.1 Å². The summed E-state index contributed by atoms with van der Waals surface area (Å²) in [5.74, 6) is 2.24. The van der Waals surface area contributed by atoms with E-state index in [2.05, 4.69) is 22.5 Å². The number of methoxy groups -OCH3 is 1. The molecule has 164 valence electrons. The molecule has 0 spiro atoms. The van der Waals surface area contributed by atoms with Crippen LogP contribution in [0.5, 0.6) is 11.5 Å². The SMILES string of the molecule is CCNC(=NCc1ccc(OCc2ccccc2)c(OC)c1)NCC1CCCO1.I. The summed E-state index contributed by atoms with van der Waals surface area (Å²) >= 11 is 0. The van der Waals surface area contributed by atoms with Gasteiger partial charge in [0, 0.05) is 19.7 Å². The molecule has 1 fully saturated rings. The molecule has 0 saturated carbocycles. The number of rotatable bonds is 9. The summed E-state index contributed by atoms with van der Waals surface area (Å²) in [6, 6.07) is 16.0. The Bertz CT molecular complexity index is 781. The number of hydrogen-bond donors (Lipinski definition) is 2. The Balaban J connectivity index is 0.00000320. The second-order valence-electron chi connectivity index (χ2n) is 6.97. The van der Waals surface area contributed by atoms with E-state index in [-0.39, 0.29) is 30.1 Å². The van der Waals surface area contributed by atoms with Gasteiger partial charge in [0.1, 0.15) is 6.61 Å². The number of guanidine groups is 1. The molecule has 1 aliphatic heterocycles. The molecular weight excluding hydrogens is 493 g/mol. The van der Waals surface area contributed by atoms with Crippen LogP contribution in [0.1, 0.15) is 30.9 Å². The minimum absolute atomic E-state index is 0. The van der Waals surface area contributed by atoms with Crippen LogP contribution in [0.15, 0.2) is 53.5 Å². The zero-order valence-electron chi connectivity index (χ0n) is 17.7. The maximum absolute atomic E-state index is 5.93. The Kier molecular flexibility index (Phi) is 10.8. The second kappa shape index (κ2) is 13.3. The molecule has 1 atom stereocenters. The highest BCUT2D eigenvalue weighted by Gasteiger charge is 2.15. The van der Waals surface area contributed by atoms with Crippen molar-refractivity contribution in [1.29, 1.82) is 0 Å². The summed E-state index contributed by atoms with van der Waals surface area (Å²) in [7, 11) is 1.66. The third-order valence-corrected chi connectivity index (χ3v) is 4.75. The van der Waals surface area contributed by atoms with E-state index in [9.17, 15) is 0 Å². The van der Waals surface area contributed by atoms with Gasteiger partial charge in [-0.2, -0.15) is 0 Å². The Hall–Kier alpha value is -2.00.